The molecule has 2 nitrogen and oxygen atoms in total. The maximum absolute atomic E-state index is 6.41. The van der Waals surface area contributed by atoms with Crippen molar-refractivity contribution in [3.05, 3.63) is 86.3 Å². The van der Waals surface area contributed by atoms with Crippen LogP contribution in [0.25, 0.3) is 0 Å². The van der Waals surface area contributed by atoms with Crippen molar-refractivity contribution in [2.75, 3.05) is 31.1 Å². The second-order valence-corrected chi connectivity index (χ2v) is 10.3. The van der Waals surface area contributed by atoms with Gasteiger partial charge in [0, 0.05) is 62.8 Å². The molecule has 3 aromatic carbocycles. The van der Waals surface area contributed by atoms with E-state index in [9.17, 15) is 0 Å². The highest BCUT2D eigenvalue weighted by molar-refractivity contribution is 7.99. The molecule has 0 radical (unpaired) electrons. The second-order valence-electron chi connectivity index (χ2n) is 7.54. The average molecular weight is 512 g/mol. The topological polar surface area (TPSA) is 6.48 Å². The Morgan fingerprint density at radius 2 is 1.42 bits per heavy atom. The molecule has 1 atom stereocenters. The molecule has 0 amide bonds. The van der Waals surface area contributed by atoms with E-state index in [1.165, 1.54) is 11.3 Å². The first-order valence-corrected chi connectivity index (χ1v) is 12.4. The first-order valence-electron chi connectivity index (χ1n) is 10.1. The zero-order chi connectivity index (χ0) is 22.0. The third-order valence-corrected chi connectivity index (χ3v) is 7.87. The van der Waals surface area contributed by atoms with E-state index in [0.717, 1.165) is 46.0 Å². The van der Waals surface area contributed by atoms with Crippen molar-refractivity contribution in [1.82, 2.24) is 4.90 Å². The maximum atomic E-state index is 6.41. The molecule has 1 fully saturated rings. The number of anilines is 1. The monoisotopic (exact) mass is 510 g/mol. The first kappa shape index (κ1) is 23.1. The largest absolute Gasteiger partial charge is 0.369 e. The lowest BCUT2D eigenvalue weighted by atomic mass is 10.1. The number of rotatable bonds is 5. The van der Waals surface area contributed by atoms with Crippen molar-refractivity contribution >= 4 is 63.9 Å². The third kappa shape index (κ3) is 5.65. The Morgan fingerprint density at radius 1 is 0.742 bits per heavy atom. The van der Waals surface area contributed by atoms with E-state index >= 15 is 0 Å². The van der Waals surface area contributed by atoms with Crippen LogP contribution in [0.2, 0.25) is 20.1 Å². The van der Waals surface area contributed by atoms with Gasteiger partial charge < -0.3 is 4.90 Å². The minimum Gasteiger partial charge on any atom is -0.369 e. The fourth-order valence-corrected chi connectivity index (χ4v) is 5.76. The van der Waals surface area contributed by atoms with Crippen LogP contribution < -0.4 is 4.90 Å². The molecular formula is C24H22Cl4N2S. The van der Waals surface area contributed by atoms with E-state index in [1.807, 2.05) is 36.4 Å². The highest BCUT2D eigenvalue weighted by Crippen LogP contribution is 2.40. The molecule has 0 aliphatic carbocycles. The Kier molecular flexibility index (Phi) is 7.64. The van der Waals surface area contributed by atoms with Gasteiger partial charge in [-0.1, -0.05) is 64.2 Å². The van der Waals surface area contributed by atoms with Crippen molar-refractivity contribution in [3.8, 4) is 0 Å². The van der Waals surface area contributed by atoms with Gasteiger partial charge in [0.15, 0.2) is 0 Å². The number of hydrogen-bond acceptors (Lipinski definition) is 3. The van der Waals surface area contributed by atoms with Crippen LogP contribution in [0.1, 0.15) is 18.5 Å². The molecule has 1 saturated heterocycles. The summed E-state index contributed by atoms with van der Waals surface area (Å²) in [6, 6.07) is 19.9. The van der Waals surface area contributed by atoms with Gasteiger partial charge in [0.2, 0.25) is 0 Å². The van der Waals surface area contributed by atoms with Gasteiger partial charge in [-0.15, -0.1) is 0 Å². The van der Waals surface area contributed by atoms with Crippen LogP contribution in [0.5, 0.6) is 0 Å². The summed E-state index contributed by atoms with van der Waals surface area (Å²) in [6.45, 7) is 6.07. The molecule has 31 heavy (non-hydrogen) atoms. The lowest BCUT2D eigenvalue weighted by Gasteiger charge is -2.39. The van der Waals surface area contributed by atoms with Crippen molar-refractivity contribution in [1.29, 1.82) is 0 Å². The quantitative estimate of drug-likeness (QED) is 0.339. The summed E-state index contributed by atoms with van der Waals surface area (Å²) in [5.41, 5.74) is 2.37. The van der Waals surface area contributed by atoms with Gasteiger partial charge in [0.1, 0.15) is 0 Å². The predicted octanol–water partition coefficient (Wildman–Crippen LogP) is 8.33. The summed E-state index contributed by atoms with van der Waals surface area (Å²) < 4.78 is 0. The second kappa shape index (κ2) is 10.2. The summed E-state index contributed by atoms with van der Waals surface area (Å²) >= 11 is 26.8. The molecule has 7 heteroatoms. The molecule has 4 rings (SSSR count). The van der Waals surface area contributed by atoms with E-state index in [-0.39, 0.29) is 6.04 Å². The van der Waals surface area contributed by atoms with Gasteiger partial charge >= 0.3 is 0 Å². The van der Waals surface area contributed by atoms with Crippen LogP contribution in [-0.2, 0) is 0 Å². The number of benzene rings is 3. The Balaban J connectivity index is 1.51. The molecule has 0 saturated carbocycles. The third-order valence-electron chi connectivity index (χ3n) is 5.57. The van der Waals surface area contributed by atoms with Crippen LogP contribution in [0.4, 0.5) is 5.69 Å². The molecule has 0 spiro atoms. The van der Waals surface area contributed by atoms with E-state index < -0.39 is 0 Å². The Bertz CT molecular complexity index is 1070. The van der Waals surface area contributed by atoms with Crippen molar-refractivity contribution in [2.24, 2.45) is 0 Å². The van der Waals surface area contributed by atoms with E-state index in [2.05, 4.69) is 34.9 Å². The summed E-state index contributed by atoms with van der Waals surface area (Å²) in [5, 5.41) is 2.88. The molecular weight excluding hydrogens is 490 g/mol. The number of hydrogen-bond donors (Lipinski definition) is 0. The van der Waals surface area contributed by atoms with Gasteiger partial charge in [-0.05, 0) is 67.1 Å². The van der Waals surface area contributed by atoms with Crippen molar-refractivity contribution in [3.63, 3.8) is 0 Å². The van der Waals surface area contributed by atoms with Gasteiger partial charge in [0.25, 0.3) is 0 Å². The lowest BCUT2D eigenvalue weighted by molar-refractivity contribution is 0.196. The molecule has 0 N–H and O–H groups in total. The van der Waals surface area contributed by atoms with Crippen molar-refractivity contribution < 1.29 is 0 Å². The normalized spacial score (nSPS) is 15.8. The molecule has 0 bridgehead atoms. The van der Waals surface area contributed by atoms with Crippen LogP contribution >= 0.6 is 58.2 Å². The molecule has 1 aliphatic heterocycles. The number of nitrogens with zero attached hydrogens (tertiary/aromatic N) is 2. The van der Waals surface area contributed by atoms with Crippen LogP contribution in [0.3, 0.4) is 0 Å². The Morgan fingerprint density at radius 3 is 2.16 bits per heavy atom. The lowest BCUT2D eigenvalue weighted by Crippen LogP contribution is -2.47. The van der Waals surface area contributed by atoms with E-state index in [4.69, 9.17) is 46.4 Å². The van der Waals surface area contributed by atoms with Crippen LogP contribution in [0.15, 0.2) is 70.5 Å². The minimum absolute atomic E-state index is 0.223. The summed E-state index contributed by atoms with van der Waals surface area (Å²) in [4.78, 5) is 6.96. The molecule has 1 unspecified atom stereocenters. The highest BCUT2D eigenvalue weighted by Gasteiger charge is 2.24. The summed E-state index contributed by atoms with van der Waals surface area (Å²) in [6.07, 6.45) is 0. The molecule has 1 aliphatic rings. The zero-order valence-corrected chi connectivity index (χ0v) is 20.8. The van der Waals surface area contributed by atoms with Gasteiger partial charge in [-0.2, -0.15) is 0 Å². The van der Waals surface area contributed by atoms with Crippen LogP contribution in [0, 0.1) is 0 Å². The molecule has 1 heterocycles. The Hall–Kier alpha value is -1.07. The highest BCUT2D eigenvalue weighted by atomic mass is 35.5. The first-order chi connectivity index (χ1) is 14.9. The van der Waals surface area contributed by atoms with E-state index in [0.29, 0.717) is 10.0 Å². The van der Waals surface area contributed by atoms with E-state index in [1.54, 1.807) is 17.8 Å². The smallest absolute Gasteiger partial charge is 0.0546 e. The fourth-order valence-electron chi connectivity index (χ4n) is 3.85. The summed E-state index contributed by atoms with van der Waals surface area (Å²) in [7, 11) is 0. The van der Waals surface area contributed by atoms with Gasteiger partial charge in [-0.25, -0.2) is 0 Å². The summed E-state index contributed by atoms with van der Waals surface area (Å²) in [5.74, 6) is 0. The fraction of sp³-hybridized carbons (Fsp3) is 0.250. The standard InChI is InChI=1S/C24H22Cl4N2S/c1-16(29-9-11-30(12-10-29)20-4-2-3-17(25)13-20)21-14-18(26)6-8-23(21)31-24-15-19(27)5-7-22(24)28/h2-8,13-16H,9-12H2,1H3. The van der Waals surface area contributed by atoms with Gasteiger partial charge in [-0.3, -0.25) is 4.90 Å². The van der Waals surface area contributed by atoms with Crippen LogP contribution in [-0.4, -0.2) is 31.1 Å². The number of piperazine rings is 1. The minimum atomic E-state index is 0.223. The molecule has 3 aromatic rings. The predicted molar refractivity (Wildman–Crippen MR) is 136 cm³/mol. The SMILES string of the molecule is CC(c1cc(Cl)ccc1Sc1cc(Cl)ccc1Cl)N1CCN(c2cccc(Cl)c2)CC1. The van der Waals surface area contributed by atoms with Crippen molar-refractivity contribution in [2.45, 2.75) is 22.8 Å². The average Bonchev–Trinajstić information content (AvgIpc) is 2.77. The zero-order valence-electron chi connectivity index (χ0n) is 17.0. The maximum Gasteiger partial charge on any atom is 0.0546 e. The Labute approximate surface area is 208 Å². The molecule has 0 aromatic heterocycles. The number of halogens is 4. The van der Waals surface area contributed by atoms with Gasteiger partial charge in [0.05, 0.1) is 5.02 Å². The molecule has 162 valence electrons.